The van der Waals surface area contributed by atoms with Crippen molar-refractivity contribution in [1.82, 2.24) is 0 Å². The van der Waals surface area contributed by atoms with Crippen LogP contribution in [-0.2, 0) is 12.8 Å². The lowest BCUT2D eigenvalue weighted by atomic mass is 10.0. The summed E-state index contributed by atoms with van der Waals surface area (Å²) in [6.45, 7) is 0. The molecule has 2 aromatic rings. The molecule has 0 atom stereocenters. The van der Waals surface area contributed by atoms with Crippen molar-refractivity contribution in [2.75, 3.05) is 0 Å². The van der Waals surface area contributed by atoms with Crippen LogP contribution in [0.2, 0.25) is 0 Å². The number of hydrogen-bond donors (Lipinski definition) is 0. The van der Waals surface area contributed by atoms with Crippen molar-refractivity contribution in [1.29, 1.82) is 0 Å². The van der Waals surface area contributed by atoms with Crippen LogP contribution in [0.3, 0.4) is 0 Å². The molecule has 0 heterocycles. The van der Waals surface area contributed by atoms with Gasteiger partial charge in [-0.3, -0.25) is 0 Å². The van der Waals surface area contributed by atoms with Crippen LogP contribution in [0.5, 0.6) is 0 Å². The summed E-state index contributed by atoms with van der Waals surface area (Å²) in [7, 11) is 0. The second-order valence-corrected chi connectivity index (χ2v) is 5.18. The summed E-state index contributed by atoms with van der Waals surface area (Å²) in [6, 6.07) is 17.5. The molecule has 1 heteroatoms. The zero-order chi connectivity index (χ0) is 11.0. The van der Waals surface area contributed by atoms with Crippen LogP contribution in [0.25, 0.3) is 0 Å². The van der Waals surface area contributed by atoms with Gasteiger partial charge in [0.1, 0.15) is 0 Å². The zero-order valence-corrected chi connectivity index (χ0v) is 10.6. The van der Waals surface area contributed by atoms with E-state index in [2.05, 4.69) is 64.5 Å². The third-order valence-corrected chi connectivity index (χ3v) is 4.31. The third kappa shape index (κ3) is 1.60. The molecule has 0 saturated carbocycles. The first-order chi connectivity index (χ1) is 7.86. The van der Waals surface area contributed by atoms with Crippen LogP contribution in [-0.4, -0.2) is 0 Å². The van der Waals surface area contributed by atoms with Gasteiger partial charge in [-0.25, -0.2) is 0 Å². The van der Waals surface area contributed by atoms with Crippen LogP contribution >= 0.6 is 15.9 Å². The van der Waals surface area contributed by atoms with Gasteiger partial charge in [0, 0.05) is 0 Å². The molecule has 0 aromatic heterocycles. The molecule has 0 unspecified atom stereocenters. The molecule has 3 rings (SSSR count). The smallest absolute Gasteiger partial charge is 0.0649 e. The van der Waals surface area contributed by atoms with Crippen LogP contribution in [0.1, 0.15) is 27.1 Å². The standard InChI is InChI=1S/C15H13Br/c16-15-13-7-3-1-5-11(13)9-10-12-6-2-4-8-14(12)15/h1-8,15H,9-10H2. The van der Waals surface area contributed by atoms with Gasteiger partial charge in [0.25, 0.3) is 0 Å². The largest absolute Gasteiger partial charge is 0.0786 e. The van der Waals surface area contributed by atoms with E-state index < -0.39 is 0 Å². The van der Waals surface area contributed by atoms with Crippen molar-refractivity contribution >= 4 is 15.9 Å². The van der Waals surface area contributed by atoms with Crippen molar-refractivity contribution in [2.24, 2.45) is 0 Å². The van der Waals surface area contributed by atoms with Gasteiger partial charge < -0.3 is 0 Å². The summed E-state index contributed by atoms with van der Waals surface area (Å²) >= 11 is 3.84. The summed E-state index contributed by atoms with van der Waals surface area (Å²) in [5.74, 6) is 0. The van der Waals surface area contributed by atoms with Gasteiger partial charge in [0.05, 0.1) is 4.83 Å². The molecule has 80 valence electrons. The van der Waals surface area contributed by atoms with Crippen molar-refractivity contribution in [3.63, 3.8) is 0 Å². The molecule has 1 aliphatic rings. The van der Waals surface area contributed by atoms with E-state index in [9.17, 15) is 0 Å². The second kappa shape index (κ2) is 4.06. The number of aryl methyl sites for hydroxylation is 2. The van der Waals surface area contributed by atoms with Crippen LogP contribution in [0, 0.1) is 0 Å². The molecule has 0 bridgehead atoms. The fraction of sp³-hybridized carbons (Fsp3) is 0.200. The molecule has 0 nitrogen and oxygen atoms in total. The van der Waals surface area contributed by atoms with Crippen molar-refractivity contribution in [3.05, 3.63) is 70.8 Å². The Bertz CT molecular complexity index is 469. The van der Waals surface area contributed by atoms with Gasteiger partial charge in [0.2, 0.25) is 0 Å². The normalized spacial score (nSPS) is 15.1. The highest BCUT2D eigenvalue weighted by atomic mass is 79.9. The molecule has 2 aromatic carbocycles. The van der Waals surface area contributed by atoms with Crippen molar-refractivity contribution in [2.45, 2.75) is 17.7 Å². The average molecular weight is 273 g/mol. The molecule has 0 fully saturated rings. The van der Waals surface area contributed by atoms with Gasteiger partial charge in [-0.2, -0.15) is 0 Å². The summed E-state index contributed by atoms with van der Waals surface area (Å²) < 4.78 is 0. The molecule has 0 radical (unpaired) electrons. The summed E-state index contributed by atoms with van der Waals surface area (Å²) in [5.41, 5.74) is 5.79. The van der Waals surface area contributed by atoms with E-state index >= 15 is 0 Å². The lowest BCUT2D eigenvalue weighted by molar-refractivity contribution is 0.965. The number of halogens is 1. The fourth-order valence-corrected chi connectivity index (χ4v) is 3.35. The number of rotatable bonds is 0. The number of fused-ring (bicyclic) bond motifs is 2. The molecule has 16 heavy (non-hydrogen) atoms. The Balaban J connectivity index is 2.18. The maximum Gasteiger partial charge on any atom is 0.0649 e. The third-order valence-electron chi connectivity index (χ3n) is 3.32. The Morgan fingerprint density at radius 2 is 1.19 bits per heavy atom. The molecular weight excluding hydrogens is 260 g/mol. The van der Waals surface area contributed by atoms with E-state index in [1.165, 1.54) is 22.3 Å². The molecule has 0 N–H and O–H groups in total. The van der Waals surface area contributed by atoms with E-state index in [0.717, 1.165) is 12.8 Å². The summed E-state index contributed by atoms with van der Waals surface area (Å²) in [4.78, 5) is 0.349. The van der Waals surface area contributed by atoms with Gasteiger partial charge in [-0.05, 0) is 35.1 Å². The zero-order valence-electron chi connectivity index (χ0n) is 8.99. The fourth-order valence-electron chi connectivity index (χ4n) is 2.46. The maximum absolute atomic E-state index is 3.84. The Hall–Kier alpha value is -1.08. The number of hydrogen-bond acceptors (Lipinski definition) is 0. The monoisotopic (exact) mass is 272 g/mol. The minimum absolute atomic E-state index is 0.349. The van der Waals surface area contributed by atoms with E-state index in [4.69, 9.17) is 0 Å². The minimum Gasteiger partial charge on any atom is -0.0786 e. The number of alkyl halides is 1. The highest BCUT2D eigenvalue weighted by Crippen LogP contribution is 2.37. The molecule has 0 amide bonds. The highest BCUT2D eigenvalue weighted by molar-refractivity contribution is 9.09. The first-order valence-electron chi connectivity index (χ1n) is 5.66. The first kappa shape index (κ1) is 10.1. The first-order valence-corrected chi connectivity index (χ1v) is 6.57. The SMILES string of the molecule is BrC1c2ccccc2CCc2ccccc21. The Labute approximate surface area is 104 Å². The molecule has 1 aliphatic carbocycles. The molecular formula is C15H13Br. The van der Waals surface area contributed by atoms with Crippen molar-refractivity contribution in [3.8, 4) is 0 Å². The quantitative estimate of drug-likeness (QED) is 0.629. The van der Waals surface area contributed by atoms with E-state index in [1.807, 2.05) is 0 Å². The second-order valence-electron chi connectivity index (χ2n) is 4.26. The Morgan fingerprint density at radius 3 is 1.69 bits per heavy atom. The van der Waals surface area contributed by atoms with Gasteiger partial charge in [0.15, 0.2) is 0 Å². The molecule has 0 saturated heterocycles. The van der Waals surface area contributed by atoms with E-state index in [1.54, 1.807) is 0 Å². The number of benzene rings is 2. The summed E-state index contributed by atoms with van der Waals surface area (Å²) in [6.07, 6.45) is 2.30. The Morgan fingerprint density at radius 1 is 0.750 bits per heavy atom. The lowest BCUT2D eigenvalue weighted by Crippen LogP contribution is -1.95. The van der Waals surface area contributed by atoms with Crippen molar-refractivity contribution < 1.29 is 0 Å². The predicted octanol–water partition coefficient (Wildman–Crippen LogP) is 4.27. The maximum atomic E-state index is 3.84. The predicted molar refractivity (Wildman–Crippen MR) is 71.1 cm³/mol. The minimum atomic E-state index is 0.349. The average Bonchev–Trinajstić information content (AvgIpc) is 2.49. The topological polar surface area (TPSA) is 0 Å². The molecule has 0 aliphatic heterocycles. The molecule has 0 spiro atoms. The highest BCUT2D eigenvalue weighted by Gasteiger charge is 2.20. The van der Waals surface area contributed by atoms with Crippen LogP contribution < -0.4 is 0 Å². The van der Waals surface area contributed by atoms with Gasteiger partial charge in [-0.15, -0.1) is 0 Å². The lowest BCUT2D eigenvalue weighted by Gasteiger charge is -2.13. The van der Waals surface area contributed by atoms with Crippen LogP contribution in [0.15, 0.2) is 48.5 Å². The Kier molecular flexibility index (Phi) is 2.56. The van der Waals surface area contributed by atoms with E-state index in [0.29, 0.717) is 4.83 Å². The summed E-state index contributed by atoms with van der Waals surface area (Å²) in [5, 5.41) is 0. The van der Waals surface area contributed by atoms with Gasteiger partial charge >= 0.3 is 0 Å². The van der Waals surface area contributed by atoms with E-state index in [-0.39, 0.29) is 0 Å². The van der Waals surface area contributed by atoms with Gasteiger partial charge in [-0.1, -0.05) is 64.5 Å². The van der Waals surface area contributed by atoms with Crippen LogP contribution in [0.4, 0.5) is 0 Å².